The van der Waals surface area contributed by atoms with Gasteiger partial charge in [0.2, 0.25) is 0 Å². The zero-order valence-corrected chi connectivity index (χ0v) is 10.8. The van der Waals surface area contributed by atoms with Gasteiger partial charge >= 0.3 is 0 Å². The molecule has 4 heteroatoms. The van der Waals surface area contributed by atoms with Crippen LogP contribution in [0.5, 0.6) is 0 Å². The van der Waals surface area contributed by atoms with Crippen molar-refractivity contribution < 1.29 is 4.52 Å². The SMILES string of the molecule is CCN(C)CCNCc1cc(C(C)C)on1. The van der Waals surface area contributed by atoms with Gasteiger partial charge in [0, 0.05) is 31.6 Å². The van der Waals surface area contributed by atoms with E-state index in [4.69, 9.17) is 4.52 Å². The Morgan fingerprint density at radius 3 is 2.81 bits per heavy atom. The second-order valence-corrected chi connectivity index (χ2v) is 4.45. The molecule has 0 aliphatic rings. The van der Waals surface area contributed by atoms with Gasteiger partial charge in [-0.1, -0.05) is 25.9 Å². The summed E-state index contributed by atoms with van der Waals surface area (Å²) in [5.74, 6) is 1.37. The summed E-state index contributed by atoms with van der Waals surface area (Å²) in [6.45, 7) is 10.3. The highest BCUT2D eigenvalue weighted by atomic mass is 16.5. The lowest BCUT2D eigenvalue weighted by atomic mass is 10.1. The third-order valence-corrected chi connectivity index (χ3v) is 2.66. The van der Waals surface area contributed by atoms with E-state index in [1.807, 2.05) is 6.07 Å². The van der Waals surface area contributed by atoms with Crippen LogP contribution in [-0.2, 0) is 6.54 Å². The first-order valence-electron chi connectivity index (χ1n) is 5.98. The van der Waals surface area contributed by atoms with Crippen molar-refractivity contribution in [1.82, 2.24) is 15.4 Å². The highest BCUT2D eigenvalue weighted by Crippen LogP contribution is 2.14. The highest BCUT2D eigenvalue weighted by molar-refractivity contribution is 5.08. The molecule has 0 saturated heterocycles. The number of aromatic nitrogens is 1. The maximum atomic E-state index is 5.22. The molecule has 1 rings (SSSR count). The standard InChI is InChI=1S/C12H23N3O/c1-5-15(4)7-6-13-9-11-8-12(10(2)3)16-14-11/h8,10,13H,5-7,9H2,1-4H3. The van der Waals surface area contributed by atoms with Crippen molar-refractivity contribution in [2.24, 2.45) is 0 Å². The summed E-state index contributed by atoms with van der Waals surface area (Å²) in [6.07, 6.45) is 0. The Hall–Kier alpha value is -0.870. The molecule has 4 nitrogen and oxygen atoms in total. The zero-order valence-electron chi connectivity index (χ0n) is 10.8. The lowest BCUT2D eigenvalue weighted by Gasteiger charge is -2.13. The Labute approximate surface area is 98.0 Å². The van der Waals surface area contributed by atoms with E-state index in [-0.39, 0.29) is 0 Å². The van der Waals surface area contributed by atoms with Gasteiger partial charge in [-0.05, 0) is 13.6 Å². The molecule has 92 valence electrons. The molecule has 0 spiro atoms. The van der Waals surface area contributed by atoms with E-state index in [0.717, 1.165) is 37.6 Å². The van der Waals surface area contributed by atoms with Gasteiger partial charge in [0.15, 0.2) is 0 Å². The van der Waals surface area contributed by atoms with Crippen LogP contribution in [0.3, 0.4) is 0 Å². The predicted octanol–water partition coefficient (Wildman–Crippen LogP) is 1.84. The maximum Gasteiger partial charge on any atom is 0.139 e. The fraction of sp³-hybridized carbons (Fsp3) is 0.750. The van der Waals surface area contributed by atoms with Gasteiger partial charge in [-0.25, -0.2) is 0 Å². The van der Waals surface area contributed by atoms with Gasteiger partial charge in [0.05, 0.1) is 5.69 Å². The normalized spacial score (nSPS) is 11.6. The predicted molar refractivity (Wildman–Crippen MR) is 65.5 cm³/mol. The van der Waals surface area contributed by atoms with E-state index in [1.54, 1.807) is 0 Å². The zero-order chi connectivity index (χ0) is 12.0. The van der Waals surface area contributed by atoms with Crippen LogP contribution in [0.4, 0.5) is 0 Å². The molecule has 0 fully saturated rings. The van der Waals surface area contributed by atoms with Crippen LogP contribution < -0.4 is 5.32 Å². The Bertz CT molecular complexity index is 296. The van der Waals surface area contributed by atoms with Crippen LogP contribution in [0.1, 0.15) is 38.1 Å². The van der Waals surface area contributed by atoms with Crippen molar-refractivity contribution in [3.8, 4) is 0 Å². The Morgan fingerprint density at radius 1 is 1.50 bits per heavy atom. The summed E-state index contributed by atoms with van der Waals surface area (Å²) in [6, 6.07) is 2.03. The van der Waals surface area contributed by atoms with Crippen LogP contribution in [-0.4, -0.2) is 36.7 Å². The summed E-state index contributed by atoms with van der Waals surface area (Å²) in [4.78, 5) is 2.27. The molecule has 0 unspecified atom stereocenters. The van der Waals surface area contributed by atoms with E-state index in [9.17, 15) is 0 Å². The Kier molecular flexibility index (Phi) is 5.49. The molecule has 0 amide bonds. The van der Waals surface area contributed by atoms with Gasteiger partial charge in [-0.3, -0.25) is 0 Å². The molecule has 1 N–H and O–H groups in total. The molecular weight excluding hydrogens is 202 g/mol. The Balaban J connectivity index is 2.21. The van der Waals surface area contributed by atoms with Gasteiger partial charge in [0.1, 0.15) is 5.76 Å². The van der Waals surface area contributed by atoms with E-state index in [2.05, 4.69) is 43.2 Å². The summed E-state index contributed by atoms with van der Waals surface area (Å²) in [7, 11) is 2.12. The molecule has 0 atom stereocenters. The monoisotopic (exact) mass is 225 g/mol. The summed E-state index contributed by atoms with van der Waals surface area (Å²) in [5, 5.41) is 7.38. The highest BCUT2D eigenvalue weighted by Gasteiger charge is 2.06. The molecule has 0 radical (unpaired) electrons. The van der Waals surface area contributed by atoms with Crippen molar-refractivity contribution in [3.63, 3.8) is 0 Å². The van der Waals surface area contributed by atoms with Crippen molar-refractivity contribution in [2.45, 2.75) is 33.2 Å². The smallest absolute Gasteiger partial charge is 0.139 e. The van der Waals surface area contributed by atoms with E-state index >= 15 is 0 Å². The fourth-order valence-corrected chi connectivity index (χ4v) is 1.33. The molecule has 0 aliphatic heterocycles. The lowest BCUT2D eigenvalue weighted by molar-refractivity contribution is 0.344. The molecule has 1 aromatic rings. The molecule has 1 aromatic heterocycles. The third-order valence-electron chi connectivity index (χ3n) is 2.66. The number of hydrogen-bond acceptors (Lipinski definition) is 4. The first-order chi connectivity index (χ1) is 7.63. The van der Waals surface area contributed by atoms with Gasteiger partial charge in [-0.2, -0.15) is 0 Å². The number of nitrogens with zero attached hydrogens (tertiary/aromatic N) is 2. The minimum atomic E-state index is 0.410. The molecule has 1 heterocycles. The third kappa shape index (κ3) is 4.33. The van der Waals surface area contributed by atoms with Crippen LogP contribution >= 0.6 is 0 Å². The van der Waals surface area contributed by atoms with Crippen LogP contribution in [0, 0.1) is 0 Å². The average Bonchev–Trinajstić information content (AvgIpc) is 2.72. The minimum Gasteiger partial charge on any atom is -0.361 e. The summed E-state index contributed by atoms with van der Waals surface area (Å²) < 4.78 is 5.22. The van der Waals surface area contributed by atoms with E-state index in [0.29, 0.717) is 5.92 Å². The second kappa shape index (κ2) is 6.66. The first-order valence-corrected chi connectivity index (χ1v) is 5.98. The molecule has 0 bridgehead atoms. The number of hydrogen-bond donors (Lipinski definition) is 1. The van der Waals surface area contributed by atoms with Crippen molar-refractivity contribution in [1.29, 1.82) is 0 Å². The van der Waals surface area contributed by atoms with Crippen molar-refractivity contribution >= 4 is 0 Å². The van der Waals surface area contributed by atoms with Crippen LogP contribution in [0.15, 0.2) is 10.6 Å². The fourth-order valence-electron chi connectivity index (χ4n) is 1.33. The average molecular weight is 225 g/mol. The summed E-state index contributed by atoms with van der Waals surface area (Å²) in [5.41, 5.74) is 0.989. The second-order valence-electron chi connectivity index (χ2n) is 4.45. The maximum absolute atomic E-state index is 5.22. The minimum absolute atomic E-state index is 0.410. The number of likely N-dealkylation sites (N-methyl/N-ethyl adjacent to an activating group) is 1. The quantitative estimate of drug-likeness (QED) is 0.719. The topological polar surface area (TPSA) is 41.3 Å². The molecule has 0 aliphatic carbocycles. The number of rotatable bonds is 7. The lowest BCUT2D eigenvalue weighted by Crippen LogP contribution is -2.28. The molecule has 16 heavy (non-hydrogen) atoms. The largest absolute Gasteiger partial charge is 0.361 e. The van der Waals surface area contributed by atoms with Gasteiger partial charge < -0.3 is 14.7 Å². The number of nitrogens with one attached hydrogen (secondary N) is 1. The van der Waals surface area contributed by atoms with E-state index in [1.165, 1.54) is 0 Å². The first kappa shape index (κ1) is 13.2. The van der Waals surface area contributed by atoms with Gasteiger partial charge in [0.25, 0.3) is 0 Å². The van der Waals surface area contributed by atoms with E-state index < -0.39 is 0 Å². The van der Waals surface area contributed by atoms with Crippen LogP contribution in [0.25, 0.3) is 0 Å². The molecule has 0 saturated carbocycles. The molecule has 0 aromatic carbocycles. The van der Waals surface area contributed by atoms with Crippen molar-refractivity contribution in [2.75, 3.05) is 26.7 Å². The van der Waals surface area contributed by atoms with Gasteiger partial charge in [-0.15, -0.1) is 0 Å². The molecular formula is C12H23N3O. The van der Waals surface area contributed by atoms with Crippen LogP contribution in [0.2, 0.25) is 0 Å². The van der Waals surface area contributed by atoms with Crippen molar-refractivity contribution in [3.05, 3.63) is 17.5 Å². The summed E-state index contributed by atoms with van der Waals surface area (Å²) >= 11 is 0. The Morgan fingerprint density at radius 2 is 2.25 bits per heavy atom.